The van der Waals surface area contributed by atoms with E-state index in [1.807, 2.05) is 13.8 Å². The first-order valence-electron chi connectivity index (χ1n) is 4.09. The van der Waals surface area contributed by atoms with Crippen molar-refractivity contribution < 1.29 is 19.2 Å². The molecule has 0 saturated heterocycles. The van der Waals surface area contributed by atoms with Crippen molar-refractivity contribution in [1.29, 1.82) is 0 Å². The van der Waals surface area contributed by atoms with Crippen LogP contribution in [-0.2, 0) is 0 Å². The Bertz CT molecular complexity index is 352. The number of pyridine rings is 1. The third-order valence-corrected chi connectivity index (χ3v) is 1.83. The summed E-state index contributed by atoms with van der Waals surface area (Å²) in [7, 11) is 0. The first kappa shape index (κ1) is 11.0. The Morgan fingerprint density at radius 3 is 2.71 bits per heavy atom. The normalized spacial score (nSPS) is 10.3. The highest BCUT2D eigenvalue weighted by molar-refractivity contribution is 9.10. The molecule has 0 unspecified atom stereocenters. The Kier molecular flexibility index (Phi) is 3.46. The number of hydrogen-bond acceptors (Lipinski definition) is 3. The van der Waals surface area contributed by atoms with Crippen LogP contribution in [0.2, 0.25) is 0 Å². The molecule has 0 fully saturated rings. The van der Waals surface area contributed by atoms with Crippen molar-refractivity contribution in [2.45, 2.75) is 20.0 Å². The minimum absolute atomic E-state index is 0.000459. The van der Waals surface area contributed by atoms with Crippen LogP contribution >= 0.6 is 15.9 Å². The molecule has 4 nitrogen and oxygen atoms in total. The average molecular weight is 260 g/mol. The summed E-state index contributed by atoms with van der Waals surface area (Å²) in [5.41, 5.74) is 0. The number of carboxylic acid groups (broad SMARTS) is 1. The minimum Gasteiger partial charge on any atom is -0.490 e. The van der Waals surface area contributed by atoms with Crippen LogP contribution in [0, 0.1) is 0 Å². The van der Waals surface area contributed by atoms with Crippen molar-refractivity contribution in [2.75, 3.05) is 0 Å². The molecule has 1 aromatic heterocycles. The van der Waals surface area contributed by atoms with E-state index in [0.29, 0.717) is 10.2 Å². The lowest BCUT2D eigenvalue weighted by atomic mass is 10.4. The minimum atomic E-state index is -1.29. The van der Waals surface area contributed by atoms with Crippen LogP contribution in [0.25, 0.3) is 0 Å². The van der Waals surface area contributed by atoms with Gasteiger partial charge in [-0.25, -0.2) is 0 Å². The van der Waals surface area contributed by atoms with Gasteiger partial charge in [0.2, 0.25) is 6.20 Å². The van der Waals surface area contributed by atoms with Crippen LogP contribution in [0.1, 0.15) is 13.8 Å². The fourth-order valence-electron chi connectivity index (χ4n) is 0.960. The van der Waals surface area contributed by atoms with Gasteiger partial charge in [0.05, 0.1) is 10.6 Å². The Morgan fingerprint density at radius 1 is 1.57 bits per heavy atom. The summed E-state index contributed by atoms with van der Waals surface area (Å²) in [5, 5.41) is 10.6. The number of nitrogens with zero attached hydrogens (tertiary/aromatic N) is 1. The van der Waals surface area contributed by atoms with Crippen molar-refractivity contribution in [3.05, 3.63) is 22.9 Å². The second-order valence-electron chi connectivity index (χ2n) is 3.03. The Morgan fingerprint density at radius 2 is 2.21 bits per heavy atom. The summed E-state index contributed by atoms with van der Waals surface area (Å²) >= 11 is 3.18. The first-order chi connectivity index (χ1) is 6.49. The van der Waals surface area contributed by atoms with Gasteiger partial charge in [-0.05, 0) is 29.8 Å². The topological polar surface area (TPSA) is 53.2 Å². The zero-order valence-corrected chi connectivity index (χ0v) is 9.45. The van der Waals surface area contributed by atoms with Gasteiger partial charge in [-0.15, -0.1) is 4.57 Å². The van der Waals surface area contributed by atoms with E-state index in [9.17, 15) is 9.90 Å². The third kappa shape index (κ3) is 2.99. The maximum atomic E-state index is 10.6. The molecule has 5 heteroatoms. The molecule has 0 atom stereocenters. The molecule has 0 aliphatic rings. The highest BCUT2D eigenvalue weighted by atomic mass is 79.9. The molecule has 1 aromatic rings. The number of ether oxygens (including phenoxy) is 1. The fraction of sp³-hybridized carbons (Fsp3) is 0.333. The summed E-state index contributed by atoms with van der Waals surface area (Å²) in [6.45, 7) is 3.73. The summed E-state index contributed by atoms with van der Waals surface area (Å²) < 4.78 is 6.90. The Balaban J connectivity index is 3.01. The van der Waals surface area contributed by atoms with Crippen molar-refractivity contribution in [3.63, 3.8) is 0 Å². The second-order valence-corrected chi connectivity index (χ2v) is 3.95. The van der Waals surface area contributed by atoms with E-state index >= 15 is 0 Å². The molecular weight excluding hydrogens is 250 g/mol. The predicted octanol–water partition coefficient (Wildman–Crippen LogP) is 0.715. The highest BCUT2D eigenvalue weighted by Gasteiger charge is 2.09. The second kappa shape index (κ2) is 4.41. The zero-order chi connectivity index (χ0) is 10.7. The van der Waals surface area contributed by atoms with E-state index in [-0.39, 0.29) is 6.10 Å². The monoisotopic (exact) mass is 259 g/mol. The summed E-state index contributed by atoms with van der Waals surface area (Å²) in [6, 6.07) is 1.69. The van der Waals surface area contributed by atoms with Gasteiger partial charge in [0, 0.05) is 6.07 Å². The van der Waals surface area contributed by atoms with E-state index in [1.54, 1.807) is 6.07 Å². The lowest BCUT2D eigenvalue weighted by Crippen LogP contribution is -2.51. The quantitative estimate of drug-likeness (QED) is 0.736. The van der Waals surface area contributed by atoms with Gasteiger partial charge in [0.1, 0.15) is 0 Å². The van der Waals surface area contributed by atoms with Crippen LogP contribution in [0.5, 0.6) is 5.75 Å². The number of aromatic nitrogens is 1. The molecule has 0 aliphatic heterocycles. The Hall–Kier alpha value is -1.10. The van der Waals surface area contributed by atoms with Crippen molar-refractivity contribution in [1.82, 2.24) is 0 Å². The molecular formula is C9H10BrNO3. The smallest absolute Gasteiger partial charge is 0.343 e. The lowest BCUT2D eigenvalue weighted by molar-refractivity contribution is -0.631. The molecule has 0 spiro atoms. The van der Waals surface area contributed by atoms with E-state index in [2.05, 4.69) is 15.9 Å². The van der Waals surface area contributed by atoms with Crippen LogP contribution in [0.4, 0.5) is 4.79 Å². The lowest BCUT2D eigenvalue weighted by Gasteiger charge is -2.08. The molecule has 0 radical (unpaired) electrons. The van der Waals surface area contributed by atoms with Gasteiger partial charge in [-0.3, -0.25) is 0 Å². The van der Waals surface area contributed by atoms with Crippen LogP contribution < -0.4 is 14.4 Å². The van der Waals surface area contributed by atoms with Gasteiger partial charge in [0.15, 0.2) is 11.9 Å². The fourth-order valence-corrected chi connectivity index (χ4v) is 1.41. The van der Waals surface area contributed by atoms with Crippen molar-refractivity contribution in [2.24, 2.45) is 0 Å². The first-order valence-corrected chi connectivity index (χ1v) is 4.88. The average Bonchev–Trinajstić information content (AvgIpc) is 2.01. The van der Waals surface area contributed by atoms with Gasteiger partial charge in [-0.2, -0.15) is 0 Å². The summed E-state index contributed by atoms with van der Waals surface area (Å²) in [6.07, 6.45) is 1.46. The number of carbonyl (C=O) groups excluding carboxylic acids is 1. The Labute approximate surface area is 90.3 Å². The number of carbonyl (C=O) groups is 1. The van der Waals surface area contributed by atoms with Gasteiger partial charge in [0.25, 0.3) is 0 Å². The zero-order valence-electron chi connectivity index (χ0n) is 7.86. The largest absolute Gasteiger partial charge is 0.490 e. The number of halogens is 1. The predicted molar refractivity (Wildman–Crippen MR) is 50.9 cm³/mol. The van der Waals surface area contributed by atoms with E-state index in [4.69, 9.17) is 4.74 Å². The van der Waals surface area contributed by atoms with E-state index in [1.165, 1.54) is 12.4 Å². The SMILES string of the molecule is CC(C)Oc1cc(Br)c[n+](C(=O)[O-])c1. The van der Waals surface area contributed by atoms with E-state index in [0.717, 1.165) is 4.57 Å². The number of hydrogen-bond donors (Lipinski definition) is 0. The van der Waals surface area contributed by atoms with Crippen LogP contribution in [0.3, 0.4) is 0 Å². The van der Waals surface area contributed by atoms with Crippen molar-refractivity contribution >= 4 is 22.0 Å². The van der Waals surface area contributed by atoms with Gasteiger partial charge < -0.3 is 14.6 Å². The van der Waals surface area contributed by atoms with Crippen LogP contribution in [0.15, 0.2) is 22.9 Å². The third-order valence-electron chi connectivity index (χ3n) is 1.39. The maximum Gasteiger partial charge on any atom is 0.343 e. The standard InChI is InChI=1S/C9H10BrNO3/c1-6(2)14-8-3-7(10)4-11(5-8)9(12)13/h3-6H,1-2H3. The maximum absolute atomic E-state index is 10.6. The van der Waals surface area contributed by atoms with Gasteiger partial charge >= 0.3 is 6.09 Å². The van der Waals surface area contributed by atoms with Crippen molar-refractivity contribution in [3.8, 4) is 5.75 Å². The van der Waals surface area contributed by atoms with E-state index < -0.39 is 6.09 Å². The molecule has 1 heterocycles. The van der Waals surface area contributed by atoms with Crippen LogP contribution in [-0.4, -0.2) is 12.2 Å². The molecule has 0 N–H and O–H groups in total. The molecule has 14 heavy (non-hydrogen) atoms. The molecule has 0 bridgehead atoms. The summed E-state index contributed by atoms with van der Waals surface area (Å²) in [4.78, 5) is 10.6. The molecule has 0 aliphatic carbocycles. The molecule has 76 valence electrons. The summed E-state index contributed by atoms with van der Waals surface area (Å²) in [5.74, 6) is 0.485. The molecule has 0 aromatic carbocycles. The van der Waals surface area contributed by atoms with Gasteiger partial charge in [-0.1, -0.05) is 0 Å². The number of rotatable bonds is 2. The highest BCUT2D eigenvalue weighted by Crippen LogP contribution is 2.15. The molecule has 0 saturated carbocycles. The molecule has 1 rings (SSSR count). The molecule has 0 amide bonds.